The third kappa shape index (κ3) is 3.04. The molecular weight excluding hydrogens is 334 g/mol. The zero-order valence-corrected chi connectivity index (χ0v) is 12.5. The third-order valence-corrected chi connectivity index (χ3v) is 3.69. The normalized spacial score (nSPS) is 10.5. The zero-order valence-electron chi connectivity index (χ0n) is 12.5. The first kappa shape index (κ1) is 16.5. The van der Waals surface area contributed by atoms with Gasteiger partial charge < -0.3 is 5.11 Å². The molecule has 2 nitrogen and oxygen atoms in total. The first-order valence-electron chi connectivity index (χ1n) is 7.08. The SMILES string of the molecule is N#Cc1c(F)cc(-c2c(F)cc(-c3ccc(O)cc3)cc2F)cc1F. The summed E-state index contributed by atoms with van der Waals surface area (Å²) in [6.07, 6.45) is 0. The van der Waals surface area contributed by atoms with Crippen LogP contribution in [0.15, 0.2) is 48.5 Å². The van der Waals surface area contributed by atoms with Gasteiger partial charge in [0.05, 0.1) is 5.56 Å². The molecule has 0 heterocycles. The fraction of sp³-hybridized carbons (Fsp3) is 0. The first-order chi connectivity index (χ1) is 11.9. The maximum absolute atomic E-state index is 14.4. The number of nitriles is 1. The lowest BCUT2D eigenvalue weighted by molar-refractivity contribution is 0.475. The molecular formula is C19H9F4NO. The number of halogens is 4. The van der Waals surface area contributed by atoms with Crippen LogP contribution in [0.2, 0.25) is 0 Å². The van der Waals surface area contributed by atoms with Crippen LogP contribution >= 0.6 is 0 Å². The molecule has 0 amide bonds. The maximum Gasteiger partial charge on any atom is 0.144 e. The molecule has 3 aromatic rings. The number of nitrogens with zero attached hydrogens (tertiary/aromatic N) is 1. The summed E-state index contributed by atoms with van der Waals surface area (Å²) in [5.41, 5.74) is -1.09. The fourth-order valence-corrected chi connectivity index (χ4v) is 2.49. The molecule has 6 heteroatoms. The molecule has 25 heavy (non-hydrogen) atoms. The second kappa shape index (κ2) is 6.29. The van der Waals surface area contributed by atoms with Crippen molar-refractivity contribution in [2.45, 2.75) is 0 Å². The summed E-state index contributed by atoms with van der Waals surface area (Å²) in [5.74, 6) is -4.40. The molecule has 0 aliphatic heterocycles. The molecule has 0 aliphatic carbocycles. The van der Waals surface area contributed by atoms with Crippen LogP contribution in [0, 0.1) is 34.6 Å². The van der Waals surface area contributed by atoms with E-state index in [1.165, 1.54) is 30.3 Å². The van der Waals surface area contributed by atoms with Crippen LogP contribution in [-0.4, -0.2) is 5.11 Å². The molecule has 0 atom stereocenters. The number of benzene rings is 3. The summed E-state index contributed by atoms with van der Waals surface area (Å²) in [6.45, 7) is 0. The van der Waals surface area contributed by atoms with Gasteiger partial charge in [0.1, 0.15) is 40.7 Å². The number of phenolic OH excluding ortho intramolecular Hbond substituents is 1. The van der Waals surface area contributed by atoms with Crippen LogP contribution in [0.4, 0.5) is 17.6 Å². The molecule has 0 aliphatic rings. The molecule has 0 saturated carbocycles. The van der Waals surface area contributed by atoms with Crippen molar-refractivity contribution in [3.05, 3.63) is 77.4 Å². The number of hydrogen-bond acceptors (Lipinski definition) is 2. The molecule has 3 aromatic carbocycles. The topological polar surface area (TPSA) is 44.0 Å². The van der Waals surface area contributed by atoms with Crippen molar-refractivity contribution in [2.75, 3.05) is 0 Å². The zero-order chi connectivity index (χ0) is 18.1. The molecule has 0 saturated heterocycles. The van der Waals surface area contributed by atoms with Crippen LogP contribution < -0.4 is 0 Å². The van der Waals surface area contributed by atoms with Crippen LogP contribution in [-0.2, 0) is 0 Å². The lowest BCUT2D eigenvalue weighted by Crippen LogP contribution is -1.96. The lowest BCUT2D eigenvalue weighted by Gasteiger charge is -2.10. The van der Waals surface area contributed by atoms with Crippen molar-refractivity contribution >= 4 is 0 Å². The van der Waals surface area contributed by atoms with Crippen LogP contribution in [0.1, 0.15) is 5.56 Å². The summed E-state index contributed by atoms with van der Waals surface area (Å²) >= 11 is 0. The van der Waals surface area contributed by atoms with E-state index in [4.69, 9.17) is 5.26 Å². The highest BCUT2D eigenvalue weighted by molar-refractivity contribution is 5.72. The Balaban J connectivity index is 2.13. The van der Waals surface area contributed by atoms with Gasteiger partial charge in [0.15, 0.2) is 0 Å². The van der Waals surface area contributed by atoms with Gasteiger partial charge in [-0.1, -0.05) is 12.1 Å². The Morgan fingerprint density at radius 1 is 0.680 bits per heavy atom. The molecule has 0 spiro atoms. The van der Waals surface area contributed by atoms with Crippen molar-refractivity contribution in [1.29, 1.82) is 5.26 Å². The summed E-state index contributed by atoms with van der Waals surface area (Å²) in [7, 11) is 0. The minimum Gasteiger partial charge on any atom is -0.508 e. The van der Waals surface area contributed by atoms with E-state index in [1.54, 1.807) is 0 Å². The highest BCUT2D eigenvalue weighted by Crippen LogP contribution is 2.33. The van der Waals surface area contributed by atoms with E-state index in [2.05, 4.69) is 0 Å². The van der Waals surface area contributed by atoms with Gasteiger partial charge in [0, 0.05) is 0 Å². The highest BCUT2D eigenvalue weighted by Gasteiger charge is 2.18. The van der Waals surface area contributed by atoms with Gasteiger partial charge in [0.25, 0.3) is 0 Å². The number of phenols is 1. The summed E-state index contributed by atoms with van der Waals surface area (Å²) in [5, 5.41) is 17.9. The van der Waals surface area contributed by atoms with Gasteiger partial charge >= 0.3 is 0 Å². The second-order valence-corrected chi connectivity index (χ2v) is 5.29. The van der Waals surface area contributed by atoms with Crippen LogP contribution in [0.25, 0.3) is 22.3 Å². The van der Waals surface area contributed by atoms with Gasteiger partial charge in [-0.3, -0.25) is 0 Å². The van der Waals surface area contributed by atoms with Gasteiger partial charge in [-0.25, -0.2) is 17.6 Å². The smallest absolute Gasteiger partial charge is 0.144 e. The average Bonchev–Trinajstić information content (AvgIpc) is 2.54. The monoisotopic (exact) mass is 343 g/mol. The van der Waals surface area contributed by atoms with Crippen LogP contribution in [0.5, 0.6) is 5.75 Å². The molecule has 3 rings (SSSR count). The molecule has 1 N–H and O–H groups in total. The predicted octanol–water partition coefficient (Wildman–Crippen LogP) is 5.15. The van der Waals surface area contributed by atoms with Gasteiger partial charge in [-0.05, 0) is 53.1 Å². The van der Waals surface area contributed by atoms with E-state index >= 15 is 0 Å². The Kier molecular flexibility index (Phi) is 4.15. The Hall–Kier alpha value is -3.33. The highest BCUT2D eigenvalue weighted by atomic mass is 19.1. The van der Waals surface area contributed by atoms with E-state index < -0.39 is 34.4 Å². The summed E-state index contributed by atoms with van der Waals surface area (Å²) in [4.78, 5) is 0. The van der Waals surface area contributed by atoms with Crippen molar-refractivity contribution < 1.29 is 22.7 Å². The van der Waals surface area contributed by atoms with Gasteiger partial charge in [-0.15, -0.1) is 0 Å². The molecule has 0 fully saturated rings. The third-order valence-electron chi connectivity index (χ3n) is 3.69. The summed E-state index contributed by atoms with van der Waals surface area (Å²) < 4.78 is 56.2. The van der Waals surface area contributed by atoms with Crippen molar-refractivity contribution in [1.82, 2.24) is 0 Å². The predicted molar refractivity (Wildman–Crippen MR) is 83.5 cm³/mol. The Bertz CT molecular complexity index is 961. The van der Waals surface area contributed by atoms with E-state index in [9.17, 15) is 22.7 Å². The Morgan fingerprint density at radius 3 is 1.64 bits per heavy atom. The van der Waals surface area contributed by atoms with E-state index in [1.807, 2.05) is 0 Å². The number of aromatic hydroxyl groups is 1. The van der Waals surface area contributed by atoms with Gasteiger partial charge in [0.2, 0.25) is 0 Å². The largest absolute Gasteiger partial charge is 0.508 e. The quantitative estimate of drug-likeness (QED) is 0.654. The fourth-order valence-electron chi connectivity index (χ4n) is 2.49. The maximum atomic E-state index is 14.4. The van der Waals surface area contributed by atoms with E-state index in [-0.39, 0.29) is 16.9 Å². The minimum atomic E-state index is -1.20. The van der Waals surface area contributed by atoms with E-state index in [0.717, 1.165) is 12.1 Å². The summed E-state index contributed by atoms with van der Waals surface area (Å²) in [6, 6.07) is 10.5. The van der Waals surface area contributed by atoms with Crippen molar-refractivity contribution in [2.24, 2.45) is 0 Å². The van der Waals surface area contributed by atoms with Crippen molar-refractivity contribution in [3.8, 4) is 34.1 Å². The molecule has 0 unspecified atom stereocenters. The van der Waals surface area contributed by atoms with E-state index in [0.29, 0.717) is 17.7 Å². The Labute approximate surface area is 140 Å². The number of rotatable bonds is 2. The molecule has 0 radical (unpaired) electrons. The average molecular weight is 343 g/mol. The standard InChI is InChI=1S/C19H9F4NO/c20-15-7-12(8-16(21)14(15)9-24)19-17(22)5-11(6-18(19)23)10-1-3-13(25)4-2-10/h1-8,25H. The van der Waals surface area contributed by atoms with Crippen molar-refractivity contribution in [3.63, 3.8) is 0 Å². The minimum absolute atomic E-state index is 0.00449. The first-order valence-corrected chi connectivity index (χ1v) is 7.08. The van der Waals surface area contributed by atoms with Crippen LogP contribution in [0.3, 0.4) is 0 Å². The lowest BCUT2D eigenvalue weighted by atomic mass is 9.98. The second-order valence-electron chi connectivity index (χ2n) is 5.29. The molecule has 0 aromatic heterocycles. The molecule has 0 bridgehead atoms. The van der Waals surface area contributed by atoms with Gasteiger partial charge in [-0.2, -0.15) is 5.26 Å². The number of hydrogen-bond donors (Lipinski definition) is 1. The molecule has 124 valence electrons. The Morgan fingerprint density at radius 2 is 1.16 bits per heavy atom.